The zero-order valence-electron chi connectivity index (χ0n) is 17.4. The number of hydrogen-bond acceptors (Lipinski definition) is 4. The maximum atomic E-state index is 11.7. The number of nitrogens with zero attached hydrogens (tertiary/aromatic N) is 2. The van der Waals surface area contributed by atoms with Crippen molar-refractivity contribution in [1.82, 2.24) is 4.90 Å². The van der Waals surface area contributed by atoms with Crippen molar-refractivity contribution in [1.29, 1.82) is 0 Å². The molecule has 30 heavy (non-hydrogen) atoms. The Balaban J connectivity index is 1.37. The van der Waals surface area contributed by atoms with Gasteiger partial charge >= 0.3 is 0 Å². The van der Waals surface area contributed by atoms with Gasteiger partial charge in [0.2, 0.25) is 0 Å². The van der Waals surface area contributed by atoms with Crippen molar-refractivity contribution in [2.75, 3.05) is 13.1 Å². The van der Waals surface area contributed by atoms with Crippen molar-refractivity contribution in [3.05, 3.63) is 100 Å². The summed E-state index contributed by atoms with van der Waals surface area (Å²) in [5, 5.41) is 11.7. The number of aryl methyl sites for hydroxylation is 2. The van der Waals surface area contributed by atoms with Gasteiger partial charge in [-0.25, -0.2) is 0 Å². The van der Waals surface area contributed by atoms with Crippen molar-refractivity contribution in [3.63, 3.8) is 0 Å². The molecule has 2 heterocycles. The normalized spacial score (nSPS) is 19.8. The first-order valence-corrected chi connectivity index (χ1v) is 10.5. The van der Waals surface area contributed by atoms with Gasteiger partial charge < -0.3 is 14.7 Å². The Bertz CT molecular complexity index is 1120. The third-order valence-electron chi connectivity index (χ3n) is 6.28. The van der Waals surface area contributed by atoms with E-state index in [1.54, 1.807) is 0 Å². The quantitative estimate of drug-likeness (QED) is 0.711. The highest BCUT2D eigenvalue weighted by atomic mass is 16.5. The number of rotatable bonds is 4. The fraction of sp³-hybridized carbons (Fsp3) is 0.269. The van der Waals surface area contributed by atoms with E-state index < -0.39 is 5.72 Å². The Labute approximate surface area is 177 Å². The number of hydrogen-bond donors (Lipinski definition) is 1. The Morgan fingerprint density at radius 2 is 1.80 bits per heavy atom. The van der Waals surface area contributed by atoms with Gasteiger partial charge in [-0.1, -0.05) is 54.6 Å². The minimum absolute atomic E-state index is 0.529. The average Bonchev–Trinajstić information content (AvgIpc) is 3.26. The summed E-state index contributed by atoms with van der Waals surface area (Å²) in [6, 6.07) is 22.5. The predicted molar refractivity (Wildman–Crippen MR) is 119 cm³/mol. The van der Waals surface area contributed by atoms with E-state index >= 15 is 0 Å². The van der Waals surface area contributed by atoms with Gasteiger partial charge in [-0.3, -0.25) is 4.99 Å². The van der Waals surface area contributed by atoms with E-state index in [9.17, 15) is 5.11 Å². The summed E-state index contributed by atoms with van der Waals surface area (Å²) in [5.74, 6) is 1.70. The first-order valence-electron chi connectivity index (χ1n) is 10.5. The summed E-state index contributed by atoms with van der Waals surface area (Å²) < 4.78 is 5.99. The molecular formula is C26H26N2O2. The highest BCUT2D eigenvalue weighted by Crippen LogP contribution is 2.39. The molecule has 4 nitrogen and oxygen atoms in total. The highest BCUT2D eigenvalue weighted by Gasteiger charge is 2.44. The zero-order valence-corrected chi connectivity index (χ0v) is 17.4. The Morgan fingerprint density at radius 3 is 2.60 bits per heavy atom. The van der Waals surface area contributed by atoms with E-state index in [1.165, 1.54) is 11.1 Å². The number of amidine groups is 1. The molecule has 2 aliphatic rings. The molecule has 3 aromatic carbocycles. The molecule has 5 rings (SSSR count). The standard InChI is InChI=1S/C26H26N2O2/c1-18-7-8-20(15-19(18)2)17-30-23-11-9-22(10-12-23)26(29)16-21-5-3-4-6-24(21)25-27-13-14-28(25)26/h3-12,15,29H,13-14,16-17H2,1-2H3. The molecule has 0 saturated carbocycles. The largest absolute Gasteiger partial charge is 0.489 e. The van der Waals surface area contributed by atoms with Crippen LogP contribution in [0, 0.1) is 13.8 Å². The van der Waals surface area contributed by atoms with Crippen LogP contribution >= 0.6 is 0 Å². The molecule has 1 atom stereocenters. The van der Waals surface area contributed by atoms with Gasteiger partial charge in [0.1, 0.15) is 18.2 Å². The van der Waals surface area contributed by atoms with Crippen molar-refractivity contribution >= 4 is 5.84 Å². The molecule has 0 aliphatic carbocycles. The predicted octanol–water partition coefficient (Wildman–Crippen LogP) is 4.35. The second-order valence-corrected chi connectivity index (χ2v) is 8.24. The molecule has 4 heteroatoms. The molecule has 152 valence electrons. The van der Waals surface area contributed by atoms with E-state index in [0.717, 1.165) is 40.4 Å². The molecule has 1 unspecified atom stereocenters. The van der Waals surface area contributed by atoms with Gasteiger partial charge in [-0.2, -0.15) is 0 Å². The minimum atomic E-state index is -1.09. The second-order valence-electron chi connectivity index (χ2n) is 8.24. The molecule has 0 radical (unpaired) electrons. The Hall–Kier alpha value is -3.11. The van der Waals surface area contributed by atoms with Gasteiger partial charge in [0, 0.05) is 24.1 Å². The maximum Gasteiger partial charge on any atom is 0.169 e. The molecular weight excluding hydrogens is 372 g/mol. The molecule has 0 aromatic heterocycles. The summed E-state index contributed by atoms with van der Waals surface area (Å²) in [6.45, 7) is 6.20. The lowest BCUT2D eigenvalue weighted by atomic mass is 9.86. The van der Waals surface area contributed by atoms with Crippen LogP contribution in [0.5, 0.6) is 5.75 Å². The van der Waals surface area contributed by atoms with Gasteiger partial charge in [0.15, 0.2) is 5.72 Å². The third kappa shape index (κ3) is 3.17. The SMILES string of the molecule is Cc1ccc(COc2ccc(C3(O)Cc4ccccc4C4=NCCN43)cc2)cc1C. The molecule has 0 amide bonds. The zero-order chi connectivity index (χ0) is 20.7. The molecule has 0 saturated heterocycles. The third-order valence-corrected chi connectivity index (χ3v) is 6.28. The van der Waals surface area contributed by atoms with E-state index in [-0.39, 0.29) is 0 Å². The van der Waals surface area contributed by atoms with E-state index in [0.29, 0.717) is 19.6 Å². The van der Waals surface area contributed by atoms with Crippen LogP contribution in [0.2, 0.25) is 0 Å². The summed E-state index contributed by atoms with van der Waals surface area (Å²) in [4.78, 5) is 6.71. The van der Waals surface area contributed by atoms with Crippen molar-refractivity contribution in [2.24, 2.45) is 4.99 Å². The van der Waals surface area contributed by atoms with Crippen LogP contribution in [0.15, 0.2) is 71.7 Å². The number of aliphatic hydroxyl groups is 1. The lowest BCUT2D eigenvalue weighted by molar-refractivity contribution is -0.0745. The van der Waals surface area contributed by atoms with Crippen LogP contribution in [-0.4, -0.2) is 28.9 Å². The van der Waals surface area contributed by atoms with Crippen molar-refractivity contribution in [3.8, 4) is 5.75 Å². The lowest BCUT2D eigenvalue weighted by Crippen LogP contribution is -2.53. The van der Waals surface area contributed by atoms with Crippen LogP contribution in [0.25, 0.3) is 0 Å². The Morgan fingerprint density at radius 1 is 1.00 bits per heavy atom. The molecule has 0 spiro atoms. The molecule has 1 N–H and O–H groups in total. The van der Waals surface area contributed by atoms with Crippen LogP contribution < -0.4 is 4.74 Å². The summed E-state index contributed by atoms with van der Waals surface area (Å²) >= 11 is 0. The maximum absolute atomic E-state index is 11.7. The van der Waals surface area contributed by atoms with Crippen LogP contribution in [0.3, 0.4) is 0 Å². The second kappa shape index (κ2) is 7.29. The van der Waals surface area contributed by atoms with E-state index in [1.807, 2.05) is 41.3 Å². The van der Waals surface area contributed by atoms with Gasteiger partial charge in [-0.15, -0.1) is 0 Å². The van der Waals surface area contributed by atoms with E-state index in [4.69, 9.17) is 4.74 Å². The van der Waals surface area contributed by atoms with Crippen molar-refractivity contribution in [2.45, 2.75) is 32.6 Å². The minimum Gasteiger partial charge on any atom is -0.489 e. The topological polar surface area (TPSA) is 45.1 Å². The van der Waals surface area contributed by atoms with Crippen LogP contribution in [0.4, 0.5) is 0 Å². The fourth-order valence-electron chi connectivity index (χ4n) is 4.43. The number of fused-ring (bicyclic) bond motifs is 3. The summed E-state index contributed by atoms with van der Waals surface area (Å²) in [7, 11) is 0. The molecule has 3 aromatic rings. The molecule has 0 bridgehead atoms. The smallest absolute Gasteiger partial charge is 0.169 e. The average molecular weight is 399 g/mol. The summed E-state index contributed by atoms with van der Waals surface area (Å²) in [5.41, 5.74) is 5.76. The number of ether oxygens (including phenoxy) is 1. The van der Waals surface area contributed by atoms with Gasteiger partial charge in [-0.05, 0) is 48.2 Å². The lowest BCUT2D eigenvalue weighted by Gasteiger charge is -2.43. The van der Waals surface area contributed by atoms with Gasteiger partial charge in [0.05, 0.1) is 6.54 Å². The first kappa shape index (κ1) is 18.9. The van der Waals surface area contributed by atoms with Gasteiger partial charge in [0.25, 0.3) is 0 Å². The highest BCUT2D eigenvalue weighted by molar-refractivity contribution is 6.02. The van der Waals surface area contributed by atoms with E-state index in [2.05, 4.69) is 49.2 Å². The fourth-order valence-corrected chi connectivity index (χ4v) is 4.43. The van der Waals surface area contributed by atoms with Crippen LogP contribution in [0.1, 0.15) is 33.4 Å². The summed E-state index contributed by atoms with van der Waals surface area (Å²) in [6.07, 6.45) is 0.547. The Kier molecular flexibility index (Phi) is 4.59. The molecule has 0 fully saturated rings. The van der Waals surface area contributed by atoms with Crippen molar-refractivity contribution < 1.29 is 9.84 Å². The monoisotopic (exact) mass is 398 g/mol. The molecule has 2 aliphatic heterocycles. The first-order chi connectivity index (χ1) is 14.5. The number of aliphatic imine (C=N–C) groups is 1. The number of benzene rings is 3. The van der Waals surface area contributed by atoms with Crippen LogP contribution in [-0.2, 0) is 18.8 Å².